The van der Waals surface area contributed by atoms with E-state index in [9.17, 15) is 0 Å². The van der Waals surface area contributed by atoms with Crippen LogP contribution in [-0.2, 0) is 11.2 Å². The highest BCUT2D eigenvalue weighted by atomic mass is 16.5. The van der Waals surface area contributed by atoms with E-state index in [1.165, 1.54) is 17.1 Å². The molecule has 0 bridgehead atoms. The van der Waals surface area contributed by atoms with Gasteiger partial charge in [0.1, 0.15) is 5.82 Å². The fourth-order valence-electron chi connectivity index (χ4n) is 2.92. The summed E-state index contributed by atoms with van der Waals surface area (Å²) >= 11 is 0. The number of aromatic nitrogens is 1. The lowest BCUT2D eigenvalue weighted by Crippen LogP contribution is -2.44. The standard InChI is InChI=1S/C15H23N3O/c1-2-13-3-4-14(12-5-10-19-11-12)15(17-13)18-8-6-16-7-9-18/h3-4,12,16H,2,5-11H2,1H3. The SMILES string of the molecule is CCc1ccc(C2CCOC2)c(N2CCNCC2)n1. The van der Waals surface area contributed by atoms with Crippen molar-refractivity contribution >= 4 is 5.82 Å². The van der Waals surface area contributed by atoms with Crippen molar-refractivity contribution in [2.45, 2.75) is 25.7 Å². The van der Waals surface area contributed by atoms with Gasteiger partial charge in [-0.25, -0.2) is 4.98 Å². The third-order valence-corrected chi connectivity index (χ3v) is 4.11. The minimum Gasteiger partial charge on any atom is -0.381 e. The van der Waals surface area contributed by atoms with Crippen LogP contribution in [0.25, 0.3) is 0 Å². The van der Waals surface area contributed by atoms with Crippen LogP contribution >= 0.6 is 0 Å². The largest absolute Gasteiger partial charge is 0.381 e. The first-order chi connectivity index (χ1) is 9.38. The van der Waals surface area contributed by atoms with Gasteiger partial charge in [-0.3, -0.25) is 0 Å². The molecular weight excluding hydrogens is 238 g/mol. The molecule has 1 unspecified atom stereocenters. The minimum atomic E-state index is 0.531. The van der Waals surface area contributed by atoms with Gasteiger partial charge < -0.3 is 15.0 Å². The second-order valence-electron chi connectivity index (χ2n) is 5.37. The molecule has 3 heterocycles. The summed E-state index contributed by atoms with van der Waals surface area (Å²) in [5, 5.41) is 3.41. The first-order valence-electron chi connectivity index (χ1n) is 7.41. The number of nitrogens with one attached hydrogen (secondary N) is 1. The maximum Gasteiger partial charge on any atom is 0.132 e. The van der Waals surface area contributed by atoms with Crippen LogP contribution in [0.4, 0.5) is 5.82 Å². The zero-order valence-electron chi connectivity index (χ0n) is 11.7. The average Bonchev–Trinajstić information content (AvgIpc) is 3.01. The lowest BCUT2D eigenvalue weighted by Gasteiger charge is -2.31. The van der Waals surface area contributed by atoms with Crippen LogP contribution in [0.15, 0.2) is 12.1 Å². The molecule has 2 fully saturated rings. The molecule has 1 aromatic heterocycles. The number of pyridine rings is 1. The molecule has 1 N–H and O–H groups in total. The van der Waals surface area contributed by atoms with Crippen LogP contribution < -0.4 is 10.2 Å². The van der Waals surface area contributed by atoms with Gasteiger partial charge in [-0.15, -0.1) is 0 Å². The van der Waals surface area contributed by atoms with Gasteiger partial charge in [0.15, 0.2) is 0 Å². The van der Waals surface area contributed by atoms with Crippen LogP contribution in [0.5, 0.6) is 0 Å². The van der Waals surface area contributed by atoms with Gasteiger partial charge in [0, 0.05) is 50.0 Å². The summed E-state index contributed by atoms with van der Waals surface area (Å²) in [5.41, 5.74) is 2.58. The number of piperazine rings is 1. The van der Waals surface area contributed by atoms with Crippen molar-refractivity contribution in [3.8, 4) is 0 Å². The van der Waals surface area contributed by atoms with E-state index in [1.54, 1.807) is 0 Å². The average molecular weight is 261 g/mol. The summed E-state index contributed by atoms with van der Waals surface area (Å²) in [6.45, 7) is 8.13. The maximum absolute atomic E-state index is 5.55. The first-order valence-corrected chi connectivity index (χ1v) is 7.41. The van der Waals surface area contributed by atoms with E-state index in [1.807, 2.05) is 0 Å². The second-order valence-corrected chi connectivity index (χ2v) is 5.37. The van der Waals surface area contributed by atoms with E-state index in [0.29, 0.717) is 5.92 Å². The number of hydrogen-bond acceptors (Lipinski definition) is 4. The van der Waals surface area contributed by atoms with Gasteiger partial charge in [0.05, 0.1) is 6.61 Å². The molecule has 0 amide bonds. The fraction of sp³-hybridized carbons (Fsp3) is 0.667. The number of aryl methyl sites for hydroxylation is 1. The molecule has 104 valence electrons. The van der Waals surface area contributed by atoms with Gasteiger partial charge in [-0.1, -0.05) is 13.0 Å². The van der Waals surface area contributed by atoms with E-state index in [0.717, 1.165) is 52.2 Å². The van der Waals surface area contributed by atoms with Crippen molar-refractivity contribution in [3.05, 3.63) is 23.4 Å². The number of rotatable bonds is 3. The van der Waals surface area contributed by atoms with Crippen molar-refractivity contribution in [1.82, 2.24) is 10.3 Å². The molecule has 0 radical (unpaired) electrons. The quantitative estimate of drug-likeness (QED) is 0.896. The van der Waals surface area contributed by atoms with Gasteiger partial charge in [-0.05, 0) is 18.9 Å². The normalized spacial score (nSPS) is 23.8. The Balaban J connectivity index is 1.92. The Morgan fingerprint density at radius 3 is 2.89 bits per heavy atom. The molecule has 0 aliphatic carbocycles. The molecule has 2 saturated heterocycles. The molecule has 4 nitrogen and oxygen atoms in total. The lowest BCUT2D eigenvalue weighted by atomic mass is 9.98. The number of hydrogen-bond donors (Lipinski definition) is 1. The minimum absolute atomic E-state index is 0.531. The number of ether oxygens (including phenoxy) is 1. The van der Waals surface area contributed by atoms with E-state index < -0.39 is 0 Å². The van der Waals surface area contributed by atoms with Crippen LogP contribution in [0, 0.1) is 0 Å². The molecule has 0 saturated carbocycles. The lowest BCUT2D eigenvalue weighted by molar-refractivity contribution is 0.194. The van der Waals surface area contributed by atoms with Gasteiger partial charge in [-0.2, -0.15) is 0 Å². The van der Waals surface area contributed by atoms with E-state index in [-0.39, 0.29) is 0 Å². The predicted molar refractivity (Wildman–Crippen MR) is 76.9 cm³/mol. The molecule has 1 atom stereocenters. The molecule has 0 aromatic carbocycles. The Morgan fingerprint density at radius 1 is 1.37 bits per heavy atom. The third-order valence-electron chi connectivity index (χ3n) is 4.11. The maximum atomic E-state index is 5.55. The van der Waals surface area contributed by atoms with Crippen molar-refractivity contribution < 1.29 is 4.74 Å². The monoisotopic (exact) mass is 261 g/mol. The molecule has 3 rings (SSSR count). The predicted octanol–water partition coefficient (Wildman–Crippen LogP) is 1.56. The van der Waals surface area contributed by atoms with Crippen molar-refractivity contribution in [2.24, 2.45) is 0 Å². The molecule has 4 heteroatoms. The molecule has 19 heavy (non-hydrogen) atoms. The zero-order chi connectivity index (χ0) is 13.1. The van der Waals surface area contributed by atoms with Crippen LogP contribution in [0.2, 0.25) is 0 Å². The molecule has 2 aliphatic rings. The summed E-state index contributed by atoms with van der Waals surface area (Å²) in [6.07, 6.45) is 2.13. The van der Waals surface area contributed by atoms with Gasteiger partial charge in [0.2, 0.25) is 0 Å². The Morgan fingerprint density at radius 2 is 2.21 bits per heavy atom. The van der Waals surface area contributed by atoms with Crippen molar-refractivity contribution in [2.75, 3.05) is 44.3 Å². The summed E-state index contributed by atoms with van der Waals surface area (Å²) < 4.78 is 5.55. The van der Waals surface area contributed by atoms with Gasteiger partial charge >= 0.3 is 0 Å². The van der Waals surface area contributed by atoms with E-state index in [4.69, 9.17) is 9.72 Å². The Hall–Kier alpha value is -1.13. The number of nitrogens with zero attached hydrogens (tertiary/aromatic N) is 2. The highest BCUT2D eigenvalue weighted by Gasteiger charge is 2.24. The highest BCUT2D eigenvalue weighted by Crippen LogP contribution is 2.32. The van der Waals surface area contributed by atoms with E-state index >= 15 is 0 Å². The topological polar surface area (TPSA) is 37.4 Å². The summed E-state index contributed by atoms with van der Waals surface area (Å²) in [6, 6.07) is 4.46. The van der Waals surface area contributed by atoms with Crippen molar-refractivity contribution in [3.63, 3.8) is 0 Å². The Labute approximate surface area is 115 Å². The molecule has 1 aromatic rings. The first kappa shape index (κ1) is 12.9. The van der Waals surface area contributed by atoms with Crippen LogP contribution in [0.3, 0.4) is 0 Å². The summed E-state index contributed by atoms with van der Waals surface area (Å²) in [4.78, 5) is 7.34. The Kier molecular flexibility index (Phi) is 3.99. The van der Waals surface area contributed by atoms with Gasteiger partial charge in [0.25, 0.3) is 0 Å². The van der Waals surface area contributed by atoms with Crippen LogP contribution in [0.1, 0.15) is 30.5 Å². The van der Waals surface area contributed by atoms with Crippen molar-refractivity contribution in [1.29, 1.82) is 0 Å². The van der Waals surface area contributed by atoms with Crippen LogP contribution in [-0.4, -0.2) is 44.4 Å². The summed E-state index contributed by atoms with van der Waals surface area (Å²) in [5.74, 6) is 1.74. The Bertz CT molecular complexity index is 423. The second kappa shape index (κ2) is 5.88. The third kappa shape index (κ3) is 2.74. The smallest absolute Gasteiger partial charge is 0.132 e. The molecule has 0 spiro atoms. The number of anilines is 1. The molecule has 2 aliphatic heterocycles. The zero-order valence-corrected chi connectivity index (χ0v) is 11.7. The van der Waals surface area contributed by atoms with E-state index in [2.05, 4.69) is 29.3 Å². The highest BCUT2D eigenvalue weighted by molar-refractivity contribution is 5.50. The fourth-order valence-corrected chi connectivity index (χ4v) is 2.92. The summed E-state index contributed by atoms with van der Waals surface area (Å²) in [7, 11) is 0. The molecular formula is C15H23N3O.